The summed E-state index contributed by atoms with van der Waals surface area (Å²) in [7, 11) is 0. The van der Waals surface area contributed by atoms with Gasteiger partial charge in [0, 0.05) is 16.3 Å². The fourth-order valence-corrected chi connectivity index (χ4v) is 2.06. The second kappa shape index (κ2) is 7.61. The number of nitrogens with one attached hydrogen (secondary N) is 2. The van der Waals surface area contributed by atoms with Crippen LogP contribution in [0.5, 0.6) is 5.75 Å². The highest BCUT2D eigenvalue weighted by molar-refractivity contribution is 6.40. The third-order valence-corrected chi connectivity index (χ3v) is 3.66. The van der Waals surface area contributed by atoms with Gasteiger partial charge >= 0.3 is 11.8 Å². The smallest absolute Gasteiger partial charge is 0.329 e. The maximum absolute atomic E-state index is 11.8. The lowest BCUT2D eigenvalue weighted by Crippen LogP contribution is -2.32. The van der Waals surface area contributed by atoms with E-state index in [9.17, 15) is 14.7 Å². The highest BCUT2D eigenvalue weighted by Crippen LogP contribution is 2.20. The molecular weight excluding hydrogens is 330 g/mol. The number of benzene rings is 2. The number of carbonyl (C=O) groups is 2. The van der Waals surface area contributed by atoms with Crippen LogP contribution in [0.1, 0.15) is 18.1 Å². The van der Waals surface area contributed by atoms with E-state index in [0.717, 1.165) is 5.56 Å². The van der Waals surface area contributed by atoms with Crippen LogP contribution in [0.4, 0.5) is 5.69 Å². The van der Waals surface area contributed by atoms with E-state index in [1.165, 1.54) is 6.07 Å². The molecule has 24 heavy (non-hydrogen) atoms. The second-order valence-electron chi connectivity index (χ2n) is 5.07. The molecular formula is C17H16ClN3O3. The maximum Gasteiger partial charge on any atom is 0.329 e. The largest absolute Gasteiger partial charge is 0.507 e. The van der Waals surface area contributed by atoms with E-state index >= 15 is 0 Å². The lowest BCUT2D eigenvalue weighted by Gasteiger charge is -2.07. The Labute approximate surface area is 144 Å². The number of rotatable bonds is 3. The standard InChI is InChI=1S/C17H16ClN3O3/c1-10-7-8-12(9-14(10)18)19-16(23)17(24)21-20-11(2)13-5-3-4-6-15(13)22/h3-9,22H,1-2H3,(H,19,23)(H,21,24). The molecule has 6 nitrogen and oxygen atoms in total. The summed E-state index contributed by atoms with van der Waals surface area (Å²) < 4.78 is 0. The van der Waals surface area contributed by atoms with Crippen molar-refractivity contribution in [3.63, 3.8) is 0 Å². The topological polar surface area (TPSA) is 90.8 Å². The van der Waals surface area contributed by atoms with Gasteiger partial charge in [-0.3, -0.25) is 9.59 Å². The number of hydrogen-bond donors (Lipinski definition) is 3. The quantitative estimate of drug-likeness (QED) is 0.454. The molecule has 0 saturated heterocycles. The van der Waals surface area contributed by atoms with E-state index in [0.29, 0.717) is 22.0 Å². The average Bonchev–Trinajstić information content (AvgIpc) is 2.56. The molecule has 0 unspecified atom stereocenters. The molecule has 0 atom stereocenters. The van der Waals surface area contributed by atoms with Gasteiger partial charge in [0.1, 0.15) is 5.75 Å². The van der Waals surface area contributed by atoms with Crippen molar-refractivity contribution < 1.29 is 14.7 Å². The summed E-state index contributed by atoms with van der Waals surface area (Å²) in [5, 5.41) is 16.5. The molecule has 124 valence electrons. The van der Waals surface area contributed by atoms with Crippen LogP contribution in [0.25, 0.3) is 0 Å². The molecule has 0 bridgehead atoms. The summed E-state index contributed by atoms with van der Waals surface area (Å²) in [6.45, 7) is 3.43. The third kappa shape index (κ3) is 4.33. The number of phenolic OH excluding ortho intramolecular Hbond substituents is 1. The molecule has 2 aromatic carbocycles. The first-order chi connectivity index (χ1) is 11.4. The van der Waals surface area contributed by atoms with Crippen molar-refractivity contribution in [3.8, 4) is 5.75 Å². The van der Waals surface area contributed by atoms with Gasteiger partial charge in [0.05, 0.1) is 5.71 Å². The van der Waals surface area contributed by atoms with Gasteiger partial charge < -0.3 is 10.4 Å². The number of carbonyl (C=O) groups excluding carboxylic acids is 2. The molecule has 2 amide bonds. The molecule has 0 aromatic heterocycles. The molecule has 0 heterocycles. The highest BCUT2D eigenvalue weighted by Gasteiger charge is 2.14. The Kier molecular flexibility index (Phi) is 5.55. The van der Waals surface area contributed by atoms with Gasteiger partial charge in [-0.1, -0.05) is 29.8 Å². The van der Waals surface area contributed by atoms with Gasteiger partial charge in [-0.25, -0.2) is 5.43 Å². The fraction of sp³-hybridized carbons (Fsp3) is 0.118. The van der Waals surface area contributed by atoms with Crippen molar-refractivity contribution in [2.45, 2.75) is 13.8 Å². The zero-order chi connectivity index (χ0) is 17.7. The van der Waals surface area contributed by atoms with E-state index in [4.69, 9.17) is 11.6 Å². The Balaban J connectivity index is 2.01. The number of aromatic hydroxyl groups is 1. The molecule has 0 radical (unpaired) electrons. The fourth-order valence-electron chi connectivity index (χ4n) is 1.88. The van der Waals surface area contributed by atoms with E-state index in [1.54, 1.807) is 43.3 Å². The average molecular weight is 346 g/mol. The van der Waals surface area contributed by atoms with E-state index in [-0.39, 0.29) is 5.75 Å². The van der Waals surface area contributed by atoms with Crippen molar-refractivity contribution >= 4 is 34.8 Å². The molecule has 7 heteroatoms. The lowest BCUT2D eigenvalue weighted by molar-refractivity contribution is -0.136. The minimum absolute atomic E-state index is 0.0340. The highest BCUT2D eigenvalue weighted by atomic mass is 35.5. The van der Waals surface area contributed by atoms with Gasteiger partial charge in [-0.05, 0) is 43.7 Å². The number of anilines is 1. The number of aryl methyl sites for hydroxylation is 1. The summed E-state index contributed by atoms with van der Waals surface area (Å²) in [5.74, 6) is -1.77. The Bertz CT molecular complexity index is 818. The van der Waals surface area contributed by atoms with Crippen molar-refractivity contribution in [2.75, 3.05) is 5.32 Å². The summed E-state index contributed by atoms with van der Waals surface area (Å²) in [6.07, 6.45) is 0. The molecule has 2 rings (SSSR count). The zero-order valence-electron chi connectivity index (χ0n) is 13.1. The first kappa shape index (κ1) is 17.5. The molecule has 0 aliphatic rings. The Hall–Kier alpha value is -2.86. The maximum atomic E-state index is 11.8. The van der Waals surface area contributed by atoms with E-state index in [1.807, 2.05) is 6.92 Å². The number of para-hydroxylation sites is 1. The minimum Gasteiger partial charge on any atom is -0.507 e. The van der Waals surface area contributed by atoms with Crippen LogP contribution in [-0.4, -0.2) is 22.6 Å². The Morgan fingerprint density at radius 2 is 1.83 bits per heavy atom. The van der Waals surface area contributed by atoms with Crippen LogP contribution < -0.4 is 10.7 Å². The van der Waals surface area contributed by atoms with Crippen LogP contribution in [0.3, 0.4) is 0 Å². The van der Waals surface area contributed by atoms with Gasteiger partial charge in [-0.15, -0.1) is 0 Å². The van der Waals surface area contributed by atoms with Crippen molar-refractivity contribution in [3.05, 3.63) is 58.6 Å². The predicted molar refractivity (Wildman–Crippen MR) is 93.3 cm³/mol. The number of hydrazone groups is 1. The van der Waals surface area contributed by atoms with Crippen LogP contribution >= 0.6 is 11.6 Å². The predicted octanol–water partition coefficient (Wildman–Crippen LogP) is 2.83. The molecule has 0 fully saturated rings. The van der Waals surface area contributed by atoms with Crippen molar-refractivity contribution in [2.24, 2.45) is 5.10 Å². The molecule has 0 aliphatic heterocycles. The Morgan fingerprint density at radius 1 is 1.12 bits per heavy atom. The molecule has 2 aromatic rings. The number of halogens is 1. The lowest BCUT2D eigenvalue weighted by atomic mass is 10.1. The van der Waals surface area contributed by atoms with E-state index < -0.39 is 11.8 Å². The third-order valence-electron chi connectivity index (χ3n) is 3.25. The summed E-state index contributed by atoms with van der Waals surface area (Å²) in [6, 6.07) is 11.5. The van der Waals surface area contributed by atoms with E-state index in [2.05, 4.69) is 15.8 Å². The SMILES string of the molecule is CC(=NNC(=O)C(=O)Nc1ccc(C)c(Cl)c1)c1ccccc1O. The van der Waals surface area contributed by atoms with Crippen molar-refractivity contribution in [1.82, 2.24) is 5.43 Å². The first-order valence-corrected chi connectivity index (χ1v) is 7.46. The van der Waals surface area contributed by atoms with Crippen LogP contribution in [0.15, 0.2) is 47.6 Å². The summed E-state index contributed by atoms with van der Waals surface area (Å²) >= 11 is 5.96. The second-order valence-corrected chi connectivity index (χ2v) is 5.48. The summed E-state index contributed by atoms with van der Waals surface area (Å²) in [5.41, 5.74) is 4.25. The summed E-state index contributed by atoms with van der Waals surface area (Å²) in [4.78, 5) is 23.6. The van der Waals surface area contributed by atoms with Crippen LogP contribution in [0, 0.1) is 6.92 Å². The van der Waals surface area contributed by atoms with Gasteiger partial charge in [0.2, 0.25) is 0 Å². The Morgan fingerprint density at radius 3 is 2.50 bits per heavy atom. The minimum atomic E-state index is -0.929. The molecule has 0 spiro atoms. The normalized spacial score (nSPS) is 11.0. The van der Waals surface area contributed by atoms with Gasteiger partial charge in [0.25, 0.3) is 0 Å². The van der Waals surface area contributed by atoms with Crippen LogP contribution in [-0.2, 0) is 9.59 Å². The number of nitrogens with zero attached hydrogens (tertiary/aromatic N) is 1. The monoisotopic (exact) mass is 345 g/mol. The van der Waals surface area contributed by atoms with Gasteiger partial charge in [0.15, 0.2) is 0 Å². The van der Waals surface area contributed by atoms with Crippen LogP contribution in [0.2, 0.25) is 5.02 Å². The number of amides is 2. The van der Waals surface area contributed by atoms with Gasteiger partial charge in [-0.2, -0.15) is 5.10 Å². The molecule has 0 aliphatic carbocycles. The number of phenols is 1. The zero-order valence-corrected chi connectivity index (χ0v) is 13.9. The first-order valence-electron chi connectivity index (χ1n) is 7.08. The van der Waals surface area contributed by atoms with Crippen molar-refractivity contribution in [1.29, 1.82) is 0 Å². The molecule has 0 saturated carbocycles. The number of hydrogen-bond acceptors (Lipinski definition) is 4. The molecule has 3 N–H and O–H groups in total.